The Morgan fingerprint density at radius 3 is 2.19 bits per heavy atom. The molecule has 5 nitrogen and oxygen atoms in total. The molecule has 1 heterocycles. The number of carbonyl (C=O) groups excluding carboxylic acids is 1. The summed E-state index contributed by atoms with van der Waals surface area (Å²) in [5.74, 6) is -0.0689. The molecule has 0 radical (unpaired) electrons. The molecule has 31 heavy (non-hydrogen) atoms. The number of nitrogens with one attached hydrogen (secondary N) is 1. The van der Waals surface area contributed by atoms with Crippen molar-refractivity contribution in [3.8, 4) is 11.3 Å². The van der Waals surface area contributed by atoms with Gasteiger partial charge in [0.2, 0.25) is 5.91 Å². The van der Waals surface area contributed by atoms with E-state index in [-0.39, 0.29) is 11.2 Å². The van der Waals surface area contributed by atoms with Crippen LogP contribution < -0.4 is 10.2 Å². The van der Waals surface area contributed by atoms with Crippen LogP contribution in [0, 0.1) is 0 Å². The molecule has 4 rings (SSSR count). The van der Waals surface area contributed by atoms with Crippen LogP contribution in [0.25, 0.3) is 22.0 Å². The quantitative estimate of drug-likeness (QED) is 0.412. The number of benzene rings is 3. The SMILES string of the molecule is C[C@@H](Sc1nnc(-c2ccccc2)c2ccccc12)C(=O)Nc1ccc(N(C)C)cc1. The Morgan fingerprint density at radius 2 is 1.52 bits per heavy atom. The first-order valence-corrected chi connectivity index (χ1v) is 11.0. The Morgan fingerprint density at radius 1 is 0.871 bits per heavy atom. The molecule has 0 unspecified atom stereocenters. The highest BCUT2D eigenvalue weighted by molar-refractivity contribution is 8.00. The van der Waals surface area contributed by atoms with E-state index in [0.717, 1.165) is 38.4 Å². The molecule has 1 N–H and O–H groups in total. The average molecular weight is 429 g/mol. The Kier molecular flexibility index (Phi) is 6.18. The van der Waals surface area contributed by atoms with E-state index in [1.165, 1.54) is 11.8 Å². The second-order valence-electron chi connectivity index (χ2n) is 7.46. The molecule has 3 aromatic carbocycles. The molecule has 4 aromatic rings. The molecule has 0 saturated carbocycles. The molecule has 0 saturated heterocycles. The van der Waals surface area contributed by atoms with E-state index < -0.39 is 0 Å². The topological polar surface area (TPSA) is 58.1 Å². The number of amides is 1. The lowest BCUT2D eigenvalue weighted by Crippen LogP contribution is -2.22. The van der Waals surface area contributed by atoms with Gasteiger partial charge in [0.05, 0.1) is 5.25 Å². The number of hydrogen-bond acceptors (Lipinski definition) is 5. The van der Waals surface area contributed by atoms with Crippen LogP contribution >= 0.6 is 11.8 Å². The Bertz CT molecular complexity index is 1190. The molecule has 1 amide bonds. The Hall–Kier alpha value is -3.38. The van der Waals surface area contributed by atoms with Crippen LogP contribution in [-0.4, -0.2) is 35.4 Å². The van der Waals surface area contributed by atoms with Gasteiger partial charge in [-0.05, 0) is 31.2 Å². The Labute approximate surface area is 186 Å². The molecule has 0 bridgehead atoms. The average Bonchev–Trinajstić information content (AvgIpc) is 2.80. The monoisotopic (exact) mass is 428 g/mol. The van der Waals surface area contributed by atoms with Gasteiger partial charge in [-0.1, -0.05) is 66.4 Å². The lowest BCUT2D eigenvalue weighted by Gasteiger charge is -2.15. The van der Waals surface area contributed by atoms with E-state index in [4.69, 9.17) is 0 Å². The fourth-order valence-corrected chi connectivity index (χ4v) is 4.18. The van der Waals surface area contributed by atoms with Gasteiger partial charge in [0.15, 0.2) is 0 Å². The minimum Gasteiger partial charge on any atom is -0.378 e. The summed E-state index contributed by atoms with van der Waals surface area (Å²) in [4.78, 5) is 14.8. The number of aromatic nitrogens is 2. The van der Waals surface area contributed by atoms with Crippen molar-refractivity contribution < 1.29 is 4.79 Å². The van der Waals surface area contributed by atoms with Crippen molar-refractivity contribution >= 4 is 39.8 Å². The Balaban J connectivity index is 1.55. The van der Waals surface area contributed by atoms with Gasteiger partial charge < -0.3 is 10.2 Å². The summed E-state index contributed by atoms with van der Waals surface area (Å²) in [7, 11) is 3.97. The highest BCUT2D eigenvalue weighted by Gasteiger charge is 2.19. The van der Waals surface area contributed by atoms with Gasteiger partial charge in [-0.2, -0.15) is 0 Å². The van der Waals surface area contributed by atoms with Gasteiger partial charge in [-0.25, -0.2) is 0 Å². The smallest absolute Gasteiger partial charge is 0.237 e. The maximum Gasteiger partial charge on any atom is 0.237 e. The lowest BCUT2D eigenvalue weighted by atomic mass is 10.1. The van der Waals surface area contributed by atoms with Crippen molar-refractivity contribution in [2.24, 2.45) is 0 Å². The van der Waals surface area contributed by atoms with Crippen LogP contribution in [0.3, 0.4) is 0 Å². The maximum atomic E-state index is 12.8. The fourth-order valence-electron chi connectivity index (χ4n) is 3.28. The summed E-state index contributed by atoms with van der Waals surface area (Å²) < 4.78 is 0. The van der Waals surface area contributed by atoms with Crippen molar-refractivity contribution in [2.45, 2.75) is 17.2 Å². The summed E-state index contributed by atoms with van der Waals surface area (Å²) >= 11 is 1.42. The molecular weight excluding hydrogens is 404 g/mol. The third-order valence-corrected chi connectivity index (χ3v) is 6.10. The van der Waals surface area contributed by atoms with Gasteiger partial charge in [0.1, 0.15) is 10.7 Å². The van der Waals surface area contributed by atoms with Gasteiger partial charge in [0.25, 0.3) is 0 Å². The van der Waals surface area contributed by atoms with Crippen LogP contribution in [0.2, 0.25) is 0 Å². The second-order valence-corrected chi connectivity index (χ2v) is 8.79. The van der Waals surface area contributed by atoms with E-state index in [9.17, 15) is 4.79 Å². The van der Waals surface area contributed by atoms with Gasteiger partial charge in [0, 0.05) is 41.8 Å². The largest absolute Gasteiger partial charge is 0.378 e. The molecule has 156 valence electrons. The van der Waals surface area contributed by atoms with Crippen molar-refractivity contribution in [2.75, 3.05) is 24.3 Å². The second kappa shape index (κ2) is 9.18. The van der Waals surface area contributed by atoms with Gasteiger partial charge in [-0.3, -0.25) is 4.79 Å². The van der Waals surface area contributed by atoms with Gasteiger partial charge >= 0.3 is 0 Å². The molecular formula is C25H24N4OS. The first kappa shape index (κ1) is 20.9. The summed E-state index contributed by atoms with van der Waals surface area (Å²) in [6, 6.07) is 25.9. The highest BCUT2D eigenvalue weighted by atomic mass is 32.2. The van der Waals surface area contributed by atoms with E-state index in [2.05, 4.69) is 15.5 Å². The number of thioether (sulfide) groups is 1. The number of hydrogen-bond donors (Lipinski definition) is 1. The standard InChI is InChI=1S/C25H24N4OS/c1-17(24(30)26-19-13-15-20(16-14-19)29(2)3)31-25-22-12-8-7-11-21(22)23(27-28-25)18-9-5-4-6-10-18/h4-17H,1-3H3,(H,26,30)/t17-/m1/s1. The molecule has 0 aliphatic carbocycles. The zero-order valence-corrected chi connectivity index (χ0v) is 18.6. The van der Waals surface area contributed by atoms with Crippen molar-refractivity contribution in [3.63, 3.8) is 0 Å². The minimum atomic E-state index is -0.325. The van der Waals surface area contributed by atoms with Crippen LogP contribution in [0.4, 0.5) is 11.4 Å². The predicted octanol–water partition coefficient (Wildman–Crippen LogP) is 5.48. The van der Waals surface area contributed by atoms with E-state index in [0.29, 0.717) is 0 Å². The molecule has 6 heteroatoms. The van der Waals surface area contributed by atoms with E-state index >= 15 is 0 Å². The third kappa shape index (κ3) is 4.70. The highest BCUT2D eigenvalue weighted by Crippen LogP contribution is 2.33. The van der Waals surface area contributed by atoms with E-state index in [1.807, 2.05) is 105 Å². The van der Waals surface area contributed by atoms with Crippen molar-refractivity contribution in [1.82, 2.24) is 10.2 Å². The number of rotatable bonds is 6. The summed E-state index contributed by atoms with van der Waals surface area (Å²) in [6.45, 7) is 1.88. The number of nitrogens with zero attached hydrogens (tertiary/aromatic N) is 3. The molecule has 0 aliphatic rings. The lowest BCUT2D eigenvalue weighted by molar-refractivity contribution is -0.115. The zero-order chi connectivity index (χ0) is 21.8. The first-order chi connectivity index (χ1) is 15.0. The normalized spacial score (nSPS) is 11.8. The summed E-state index contributed by atoms with van der Waals surface area (Å²) in [5.41, 5.74) is 3.73. The maximum absolute atomic E-state index is 12.8. The minimum absolute atomic E-state index is 0.0689. The molecule has 0 aliphatic heterocycles. The third-order valence-electron chi connectivity index (χ3n) is 5.01. The zero-order valence-electron chi connectivity index (χ0n) is 17.7. The molecule has 0 fully saturated rings. The van der Waals surface area contributed by atoms with Crippen LogP contribution in [0.15, 0.2) is 83.9 Å². The number of carbonyl (C=O) groups is 1. The number of anilines is 2. The summed E-state index contributed by atoms with van der Waals surface area (Å²) in [6.07, 6.45) is 0. The predicted molar refractivity (Wildman–Crippen MR) is 130 cm³/mol. The van der Waals surface area contributed by atoms with Crippen LogP contribution in [-0.2, 0) is 4.79 Å². The summed E-state index contributed by atoms with van der Waals surface area (Å²) in [5, 5.41) is 14.4. The van der Waals surface area contributed by atoms with Crippen molar-refractivity contribution in [1.29, 1.82) is 0 Å². The van der Waals surface area contributed by atoms with Crippen LogP contribution in [0.5, 0.6) is 0 Å². The van der Waals surface area contributed by atoms with Crippen molar-refractivity contribution in [3.05, 3.63) is 78.9 Å². The van der Waals surface area contributed by atoms with E-state index in [1.54, 1.807) is 0 Å². The number of fused-ring (bicyclic) bond motifs is 1. The molecule has 0 spiro atoms. The molecule has 1 aromatic heterocycles. The fraction of sp³-hybridized carbons (Fsp3) is 0.160. The van der Waals surface area contributed by atoms with Gasteiger partial charge in [-0.15, -0.1) is 10.2 Å². The molecule has 1 atom stereocenters. The van der Waals surface area contributed by atoms with Crippen LogP contribution in [0.1, 0.15) is 6.92 Å². The first-order valence-electron chi connectivity index (χ1n) is 10.1.